The molecule has 4 atom stereocenters. The van der Waals surface area contributed by atoms with E-state index in [1.165, 1.54) is 24.2 Å². The van der Waals surface area contributed by atoms with Gasteiger partial charge in [0, 0.05) is 6.92 Å². The number of ether oxygens (including phenoxy) is 4. The van der Waals surface area contributed by atoms with Crippen LogP contribution in [0.4, 0.5) is 5.82 Å². The molecule has 0 spiro atoms. The number of nitrogens with zero attached hydrogens (tertiary/aromatic N) is 4. The quantitative estimate of drug-likeness (QED) is 0.579. The van der Waals surface area contributed by atoms with E-state index in [1.807, 2.05) is 0 Å². The topological polar surface area (TPSA) is 137 Å². The van der Waals surface area contributed by atoms with Gasteiger partial charge in [-0.1, -0.05) is 26.2 Å². The molecule has 11 heteroatoms. The molecule has 0 aromatic carbocycles. The van der Waals surface area contributed by atoms with Crippen LogP contribution in [0.5, 0.6) is 0 Å². The number of carbonyl (C=O) groups excluding carboxylic acids is 2. The maximum Gasteiger partial charge on any atom is 0.306 e. The Morgan fingerprint density at radius 1 is 1.19 bits per heavy atom. The third kappa shape index (κ3) is 4.69. The predicted octanol–water partition coefficient (Wildman–Crippen LogP) is 3.23. The molecule has 198 valence electrons. The van der Waals surface area contributed by atoms with E-state index >= 15 is 0 Å². The summed E-state index contributed by atoms with van der Waals surface area (Å²) in [7, 11) is 0. The van der Waals surface area contributed by atoms with Crippen LogP contribution in [-0.2, 0) is 34.1 Å². The second-order valence-corrected chi connectivity index (χ2v) is 11.1. The molecule has 5 rings (SSSR count). The van der Waals surface area contributed by atoms with Crippen molar-refractivity contribution in [2.45, 2.75) is 95.9 Å². The minimum absolute atomic E-state index is 0.0457. The van der Waals surface area contributed by atoms with Gasteiger partial charge < -0.3 is 24.3 Å². The van der Waals surface area contributed by atoms with Gasteiger partial charge in [0.05, 0.1) is 12.1 Å². The second kappa shape index (κ2) is 9.35. The minimum Gasteiger partial charge on any atom is -0.463 e. The first-order valence-electron chi connectivity index (χ1n) is 12.8. The lowest BCUT2D eigenvalue weighted by Gasteiger charge is -2.32. The molecule has 37 heavy (non-hydrogen) atoms. The van der Waals surface area contributed by atoms with Crippen molar-refractivity contribution in [1.29, 1.82) is 5.26 Å². The van der Waals surface area contributed by atoms with Gasteiger partial charge in [0.15, 0.2) is 11.6 Å². The minimum atomic E-state index is -1.60. The third-order valence-electron chi connectivity index (χ3n) is 7.57. The first kappa shape index (κ1) is 25.6. The van der Waals surface area contributed by atoms with Gasteiger partial charge in [-0.3, -0.25) is 9.59 Å². The zero-order valence-corrected chi connectivity index (χ0v) is 21.7. The van der Waals surface area contributed by atoms with Gasteiger partial charge in [0.2, 0.25) is 11.5 Å². The number of fused-ring (bicyclic) bond motifs is 2. The molecule has 0 radical (unpaired) electrons. The molecule has 1 N–H and O–H groups in total. The van der Waals surface area contributed by atoms with Crippen LogP contribution >= 0.6 is 0 Å². The van der Waals surface area contributed by atoms with Crippen molar-refractivity contribution in [1.82, 2.24) is 14.6 Å². The Morgan fingerprint density at radius 2 is 1.95 bits per heavy atom. The molecule has 3 fully saturated rings. The fourth-order valence-electron chi connectivity index (χ4n) is 5.87. The molecule has 1 amide bonds. The van der Waals surface area contributed by atoms with E-state index in [9.17, 15) is 14.9 Å². The van der Waals surface area contributed by atoms with Crippen LogP contribution in [0.1, 0.15) is 71.9 Å². The SMILES string of the molecule is CC(=O)Nc1ncnn2c([C@]3(C#N)O[C@H](COC(=O)CC4(C)CCCCC4)[C@H]4OC(C)(C)O[C@H]43)ccc12. The first-order valence-corrected chi connectivity index (χ1v) is 12.8. The van der Waals surface area contributed by atoms with Gasteiger partial charge in [-0.2, -0.15) is 10.4 Å². The highest BCUT2D eigenvalue weighted by molar-refractivity contribution is 5.91. The van der Waals surface area contributed by atoms with Crippen molar-refractivity contribution < 1.29 is 28.5 Å². The molecule has 1 aliphatic carbocycles. The van der Waals surface area contributed by atoms with Crippen molar-refractivity contribution in [3.63, 3.8) is 0 Å². The lowest BCUT2D eigenvalue weighted by Crippen LogP contribution is -2.40. The average molecular weight is 512 g/mol. The van der Waals surface area contributed by atoms with Crippen molar-refractivity contribution in [3.05, 3.63) is 24.2 Å². The molecule has 3 aliphatic rings. The maximum atomic E-state index is 12.8. The zero-order valence-electron chi connectivity index (χ0n) is 21.7. The van der Waals surface area contributed by atoms with Crippen molar-refractivity contribution >= 4 is 23.2 Å². The molecular weight excluding hydrogens is 478 g/mol. The third-order valence-corrected chi connectivity index (χ3v) is 7.57. The normalized spacial score (nSPS) is 30.0. The number of rotatable bonds is 6. The number of carbonyl (C=O) groups is 2. The van der Waals surface area contributed by atoms with Crippen molar-refractivity contribution in [2.75, 3.05) is 11.9 Å². The number of amides is 1. The van der Waals surface area contributed by atoms with Crippen LogP contribution in [0.25, 0.3) is 5.52 Å². The summed E-state index contributed by atoms with van der Waals surface area (Å²) in [6.07, 6.45) is 4.96. The molecule has 0 bridgehead atoms. The highest BCUT2D eigenvalue weighted by atomic mass is 16.8. The highest BCUT2D eigenvalue weighted by Crippen LogP contribution is 2.49. The van der Waals surface area contributed by atoms with Crippen molar-refractivity contribution in [2.24, 2.45) is 5.41 Å². The number of esters is 1. The van der Waals surface area contributed by atoms with Crippen LogP contribution in [0, 0.1) is 16.7 Å². The van der Waals surface area contributed by atoms with Gasteiger partial charge in [-0.15, -0.1) is 0 Å². The Hall–Kier alpha value is -3.07. The Morgan fingerprint density at radius 3 is 2.65 bits per heavy atom. The fraction of sp³-hybridized carbons (Fsp3) is 0.654. The van der Waals surface area contributed by atoms with Crippen LogP contribution in [-0.4, -0.2) is 57.2 Å². The Labute approximate surface area is 215 Å². The number of nitriles is 1. The van der Waals surface area contributed by atoms with E-state index in [4.69, 9.17) is 18.9 Å². The summed E-state index contributed by atoms with van der Waals surface area (Å²) in [6.45, 7) is 7.01. The van der Waals surface area contributed by atoms with Crippen molar-refractivity contribution in [3.8, 4) is 6.07 Å². The van der Waals surface area contributed by atoms with Crippen LogP contribution in [0.3, 0.4) is 0 Å². The zero-order chi connectivity index (χ0) is 26.4. The summed E-state index contributed by atoms with van der Waals surface area (Å²) < 4.78 is 25.9. The summed E-state index contributed by atoms with van der Waals surface area (Å²) in [6, 6.07) is 5.70. The monoisotopic (exact) mass is 511 g/mol. The molecule has 2 aromatic heterocycles. The molecule has 2 aliphatic heterocycles. The van der Waals surface area contributed by atoms with Crippen LogP contribution < -0.4 is 5.32 Å². The molecular formula is C26H33N5O6. The Kier molecular flexibility index (Phi) is 6.46. The van der Waals surface area contributed by atoms with Crippen LogP contribution in [0.2, 0.25) is 0 Å². The summed E-state index contributed by atoms with van der Waals surface area (Å²) >= 11 is 0. The van der Waals surface area contributed by atoms with Crippen LogP contribution in [0.15, 0.2) is 18.5 Å². The number of nitrogens with one attached hydrogen (secondary N) is 1. The van der Waals surface area contributed by atoms with Gasteiger partial charge in [0.1, 0.15) is 42.8 Å². The fourth-order valence-corrected chi connectivity index (χ4v) is 5.87. The lowest BCUT2D eigenvalue weighted by molar-refractivity contribution is -0.207. The molecule has 11 nitrogen and oxygen atoms in total. The van der Waals surface area contributed by atoms with E-state index in [2.05, 4.69) is 28.4 Å². The van der Waals surface area contributed by atoms with E-state index < -0.39 is 29.7 Å². The standard InChI is InChI=1S/C26H33N5O6/c1-16(32)30-23-17-8-9-19(31(17)29-15-28-23)26(14-27)22-21(36-24(2,3)37-22)18(35-26)13-34-20(33)12-25(4)10-6-5-7-11-25/h8-9,15,18,21-22H,5-7,10-13H2,1-4H3,(H,28,29,30,32)/t18-,21-,22-,26+/m1/s1. The summed E-state index contributed by atoms with van der Waals surface area (Å²) in [5.74, 6) is -1.23. The van der Waals surface area contributed by atoms with E-state index in [0.717, 1.165) is 25.7 Å². The summed E-state index contributed by atoms with van der Waals surface area (Å²) in [4.78, 5) is 28.6. The van der Waals surface area contributed by atoms with E-state index in [0.29, 0.717) is 23.4 Å². The maximum absolute atomic E-state index is 12.8. The summed E-state index contributed by atoms with van der Waals surface area (Å²) in [5.41, 5.74) is -0.746. The summed E-state index contributed by atoms with van der Waals surface area (Å²) in [5, 5.41) is 17.5. The Bertz CT molecular complexity index is 1250. The van der Waals surface area contributed by atoms with E-state index in [1.54, 1.807) is 26.0 Å². The van der Waals surface area contributed by atoms with Gasteiger partial charge in [0.25, 0.3) is 0 Å². The molecule has 4 heterocycles. The van der Waals surface area contributed by atoms with Gasteiger partial charge in [-0.25, -0.2) is 9.50 Å². The number of hydrogen-bond acceptors (Lipinski definition) is 9. The predicted molar refractivity (Wildman–Crippen MR) is 130 cm³/mol. The highest BCUT2D eigenvalue weighted by Gasteiger charge is 2.65. The molecule has 2 aromatic rings. The number of anilines is 1. The molecule has 2 saturated heterocycles. The smallest absolute Gasteiger partial charge is 0.306 e. The van der Waals surface area contributed by atoms with Gasteiger partial charge in [-0.05, 0) is 44.2 Å². The van der Waals surface area contributed by atoms with E-state index in [-0.39, 0.29) is 23.9 Å². The lowest BCUT2D eigenvalue weighted by atomic mass is 9.73. The molecule has 0 unspecified atom stereocenters. The second-order valence-electron chi connectivity index (χ2n) is 11.1. The Balaban J connectivity index is 1.41. The number of hydrogen-bond donors (Lipinski definition) is 1. The average Bonchev–Trinajstić information content (AvgIpc) is 3.48. The molecule has 1 saturated carbocycles. The van der Waals surface area contributed by atoms with Gasteiger partial charge >= 0.3 is 5.97 Å². The number of aromatic nitrogens is 3. The largest absolute Gasteiger partial charge is 0.463 e. The first-order chi connectivity index (χ1) is 17.6.